The number of carbonyl (C=O) groups excluding carboxylic acids is 1. The lowest BCUT2D eigenvalue weighted by Gasteiger charge is -2.46. The van der Waals surface area contributed by atoms with Gasteiger partial charge in [0.25, 0.3) is 0 Å². The van der Waals surface area contributed by atoms with Crippen LogP contribution in [0.15, 0.2) is 48.5 Å². The Morgan fingerprint density at radius 3 is 1.93 bits per heavy atom. The minimum Gasteiger partial charge on any atom is -0.461 e. The topological polar surface area (TPSA) is 26.3 Å². The first-order valence-electron chi connectivity index (χ1n) is 10.7. The lowest BCUT2D eigenvalue weighted by molar-refractivity contribution is -0.937. The summed E-state index contributed by atoms with van der Waals surface area (Å²) in [5.41, 5.74) is 3.79. The maximum atomic E-state index is 13.6. The second-order valence-corrected chi connectivity index (χ2v) is 10.0. The van der Waals surface area contributed by atoms with E-state index in [4.69, 9.17) is 4.74 Å². The standard InChI is InChI=1S/C25H28NO2/c1-25(20-10-6-4-8-16(20)17-9-5-7-11-21(17)25)24(27)28-15-12-22-18-14-19(18)23(13-15)26(22,2)3/h4-11,15,18-19,22-23H,12-14H2,1-3H3/q+1/t15?,18-,19+,22-,23+. The summed E-state index contributed by atoms with van der Waals surface area (Å²) in [6.45, 7) is 2.05. The zero-order valence-electron chi connectivity index (χ0n) is 16.9. The second kappa shape index (κ2) is 5.27. The number of benzene rings is 2. The minimum absolute atomic E-state index is 0.0678. The van der Waals surface area contributed by atoms with Gasteiger partial charge in [0.05, 0.1) is 26.2 Å². The summed E-state index contributed by atoms with van der Waals surface area (Å²) in [6.07, 6.45) is 3.51. The van der Waals surface area contributed by atoms with Gasteiger partial charge in [-0.05, 0) is 35.6 Å². The van der Waals surface area contributed by atoms with Crippen molar-refractivity contribution >= 4 is 5.97 Å². The zero-order chi connectivity index (χ0) is 19.3. The predicted molar refractivity (Wildman–Crippen MR) is 109 cm³/mol. The van der Waals surface area contributed by atoms with Crippen molar-refractivity contribution in [1.29, 1.82) is 0 Å². The second-order valence-electron chi connectivity index (χ2n) is 10.0. The third kappa shape index (κ3) is 1.96. The van der Waals surface area contributed by atoms with Crippen molar-refractivity contribution < 1.29 is 14.0 Å². The van der Waals surface area contributed by atoms with Crippen LogP contribution in [0.5, 0.6) is 0 Å². The van der Waals surface area contributed by atoms with Gasteiger partial charge in [-0.3, -0.25) is 4.79 Å². The maximum absolute atomic E-state index is 13.6. The molecule has 0 radical (unpaired) electrons. The summed E-state index contributed by atoms with van der Waals surface area (Å²) in [6, 6.07) is 17.9. The number of carbonyl (C=O) groups is 1. The molecule has 3 nitrogen and oxygen atoms in total. The van der Waals surface area contributed by atoms with Gasteiger partial charge in [0.1, 0.15) is 11.5 Å². The molecule has 2 aromatic rings. The Labute approximate surface area is 166 Å². The van der Waals surface area contributed by atoms with Gasteiger partial charge in [0.2, 0.25) is 0 Å². The van der Waals surface area contributed by atoms with Gasteiger partial charge in [0, 0.05) is 24.7 Å². The normalized spacial score (nSPS) is 34.9. The molecule has 2 heterocycles. The van der Waals surface area contributed by atoms with Crippen molar-refractivity contribution in [3.63, 3.8) is 0 Å². The van der Waals surface area contributed by atoms with Crippen LogP contribution in [0.3, 0.4) is 0 Å². The Morgan fingerprint density at radius 1 is 0.893 bits per heavy atom. The molecule has 0 aromatic heterocycles. The molecule has 0 spiro atoms. The highest BCUT2D eigenvalue weighted by Gasteiger charge is 2.68. The molecule has 2 aliphatic heterocycles. The zero-order valence-corrected chi connectivity index (χ0v) is 16.9. The van der Waals surface area contributed by atoms with E-state index in [-0.39, 0.29) is 12.1 Å². The van der Waals surface area contributed by atoms with E-state index in [9.17, 15) is 4.79 Å². The smallest absolute Gasteiger partial charge is 0.321 e. The monoisotopic (exact) mass is 374 g/mol. The van der Waals surface area contributed by atoms with E-state index in [0.717, 1.165) is 40.3 Å². The van der Waals surface area contributed by atoms with Crippen LogP contribution < -0.4 is 0 Å². The van der Waals surface area contributed by atoms with Gasteiger partial charge in [-0.2, -0.15) is 0 Å². The lowest BCUT2D eigenvalue weighted by Crippen LogP contribution is -2.59. The maximum Gasteiger partial charge on any atom is 0.321 e. The molecule has 3 fully saturated rings. The van der Waals surface area contributed by atoms with E-state index in [2.05, 4.69) is 57.4 Å². The van der Waals surface area contributed by atoms with Crippen molar-refractivity contribution in [2.75, 3.05) is 14.1 Å². The van der Waals surface area contributed by atoms with Gasteiger partial charge in [-0.1, -0.05) is 48.5 Å². The first kappa shape index (κ1) is 16.8. The summed E-state index contributed by atoms with van der Waals surface area (Å²) in [7, 11) is 4.76. The number of nitrogens with zero attached hydrogens (tertiary/aromatic N) is 1. The van der Waals surface area contributed by atoms with Crippen LogP contribution in [0.1, 0.15) is 37.3 Å². The highest BCUT2D eigenvalue weighted by Crippen LogP contribution is 2.61. The molecule has 1 saturated carbocycles. The van der Waals surface area contributed by atoms with Crippen LogP contribution in [-0.2, 0) is 14.9 Å². The first-order valence-corrected chi connectivity index (χ1v) is 10.7. The van der Waals surface area contributed by atoms with Crippen molar-refractivity contribution in [3.8, 4) is 11.1 Å². The Balaban J connectivity index is 1.33. The van der Waals surface area contributed by atoms with E-state index in [1.807, 2.05) is 12.1 Å². The van der Waals surface area contributed by atoms with Crippen molar-refractivity contribution in [2.24, 2.45) is 11.8 Å². The van der Waals surface area contributed by atoms with Gasteiger partial charge in [0.15, 0.2) is 0 Å². The molecule has 5 atom stereocenters. The minimum atomic E-state index is -0.711. The van der Waals surface area contributed by atoms with Crippen LogP contribution in [-0.4, -0.2) is 42.7 Å². The molecule has 2 saturated heterocycles. The lowest BCUT2D eigenvalue weighted by atomic mass is 9.80. The molecule has 6 rings (SSSR count). The molecular weight excluding hydrogens is 346 g/mol. The third-order valence-corrected chi connectivity index (χ3v) is 8.50. The fraction of sp³-hybridized carbons (Fsp3) is 0.480. The van der Waals surface area contributed by atoms with E-state index < -0.39 is 5.41 Å². The van der Waals surface area contributed by atoms with Crippen molar-refractivity contribution in [2.45, 2.75) is 49.8 Å². The summed E-state index contributed by atoms with van der Waals surface area (Å²) in [4.78, 5) is 13.6. The van der Waals surface area contributed by atoms with Crippen LogP contribution in [0.2, 0.25) is 0 Å². The fourth-order valence-electron chi connectivity index (χ4n) is 6.92. The summed E-state index contributed by atoms with van der Waals surface area (Å²) < 4.78 is 7.42. The molecule has 144 valence electrons. The van der Waals surface area contributed by atoms with E-state index >= 15 is 0 Å². The van der Waals surface area contributed by atoms with Crippen molar-refractivity contribution in [1.82, 2.24) is 0 Å². The largest absolute Gasteiger partial charge is 0.461 e. The van der Waals surface area contributed by atoms with Crippen LogP contribution in [0, 0.1) is 11.8 Å². The van der Waals surface area contributed by atoms with Gasteiger partial charge >= 0.3 is 5.97 Å². The van der Waals surface area contributed by atoms with E-state index in [0.29, 0.717) is 12.1 Å². The van der Waals surface area contributed by atoms with Crippen molar-refractivity contribution in [3.05, 3.63) is 59.7 Å². The van der Waals surface area contributed by atoms with Gasteiger partial charge in [-0.15, -0.1) is 0 Å². The van der Waals surface area contributed by atoms with E-state index in [1.165, 1.54) is 17.5 Å². The molecule has 2 aliphatic carbocycles. The Morgan fingerprint density at radius 2 is 1.39 bits per heavy atom. The number of fused-ring (bicyclic) bond motifs is 8. The number of hydrogen-bond donors (Lipinski definition) is 0. The highest BCUT2D eigenvalue weighted by molar-refractivity contribution is 5.97. The molecule has 2 bridgehead atoms. The number of rotatable bonds is 2. The molecule has 4 aliphatic rings. The molecule has 28 heavy (non-hydrogen) atoms. The number of hydrogen-bond acceptors (Lipinski definition) is 2. The first-order chi connectivity index (χ1) is 13.4. The predicted octanol–water partition coefficient (Wildman–Crippen LogP) is 4.14. The van der Waals surface area contributed by atoms with Crippen LogP contribution in [0.25, 0.3) is 11.1 Å². The quantitative estimate of drug-likeness (QED) is 0.583. The number of ether oxygens (including phenoxy) is 1. The van der Waals surface area contributed by atoms with Gasteiger partial charge < -0.3 is 9.22 Å². The Hall–Kier alpha value is -2.13. The molecular formula is C25H28NO2+. The third-order valence-electron chi connectivity index (χ3n) is 8.50. The molecule has 2 aromatic carbocycles. The molecule has 1 unspecified atom stereocenters. The Bertz CT molecular complexity index is 928. The summed E-state index contributed by atoms with van der Waals surface area (Å²) in [5, 5.41) is 0. The summed E-state index contributed by atoms with van der Waals surface area (Å²) >= 11 is 0. The van der Waals surface area contributed by atoms with Crippen LogP contribution >= 0.6 is 0 Å². The van der Waals surface area contributed by atoms with E-state index in [1.54, 1.807) is 0 Å². The molecule has 3 heteroatoms. The number of esters is 1. The molecule has 0 N–H and O–H groups in total. The average molecular weight is 375 g/mol. The highest BCUT2D eigenvalue weighted by atomic mass is 16.5. The number of piperidine rings is 2. The van der Waals surface area contributed by atoms with Gasteiger partial charge in [-0.25, -0.2) is 0 Å². The Kier molecular flexibility index (Phi) is 3.16. The fourth-order valence-corrected chi connectivity index (χ4v) is 6.92. The SMILES string of the molecule is CC1(C(=O)OC2C[C@@H]3[C@@H]4C[C@@H]4[C@H](C2)[N+]3(C)C)c2ccccc2-c2ccccc21. The average Bonchev–Trinajstić information content (AvgIpc) is 3.40. The molecule has 0 amide bonds. The number of quaternary nitrogens is 1. The summed E-state index contributed by atoms with van der Waals surface area (Å²) in [5.74, 6) is 1.66. The van der Waals surface area contributed by atoms with Crippen LogP contribution in [0.4, 0.5) is 0 Å².